The number of alkyl halides is 3. The van der Waals surface area contributed by atoms with E-state index in [0.717, 1.165) is 37.6 Å². The molecule has 6 nitrogen and oxygen atoms in total. The highest BCUT2D eigenvalue weighted by molar-refractivity contribution is 5.92. The van der Waals surface area contributed by atoms with Crippen LogP contribution in [-0.2, 0) is 11.2 Å². The van der Waals surface area contributed by atoms with Crippen LogP contribution >= 0.6 is 0 Å². The Kier molecular flexibility index (Phi) is 9.58. The maximum Gasteiger partial charge on any atom is 0.490 e. The fraction of sp³-hybridized carbons (Fsp3) is 0.364. The number of nitrogens with zero attached hydrogens (tertiary/aromatic N) is 1. The van der Waals surface area contributed by atoms with Crippen LogP contribution in [0.3, 0.4) is 0 Å². The molecule has 0 aliphatic carbocycles. The zero-order valence-electron chi connectivity index (χ0n) is 17.5. The molecule has 0 radical (unpaired) electrons. The summed E-state index contributed by atoms with van der Waals surface area (Å²) in [6, 6.07) is 12.7. The summed E-state index contributed by atoms with van der Waals surface area (Å²) in [7, 11) is 0. The number of carbonyl (C=O) groups excluding carboxylic acids is 1. The second-order valence-corrected chi connectivity index (χ2v) is 7.26. The summed E-state index contributed by atoms with van der Waals surface area (Å²) in [6.45, 7) is 2.00. The van der Waals surface area contributed by atoms with Gasteiger partial charge in [-0.3, -0.25) is 4.90 Å². The Morgan fingerprint density at radius 2 is 1.67 bits per heavy atom. The smallest absolute Gasteiger partial charge is 0.475 e. The number of hydrogen-bond donors (Lipinski definition) is 3. The number of amides is 2. The van der Waals surface area contributed by atoms with E-state index >= 15 is 0 Å². The molecule has 2 aromatic carbocycles. The topological polar surface area (TPSA) is 81.7 Å². The maximum absolute atomic E-state index is 14.3. The summed E-state index contributed by atoms with van der Waals surface area (Å²) in [4.78, 5) is 23.1. The summed E-state index contributed by atoms with van der Waals surface area (Å²) in [6.07, 6.45) is -2.83. The van der Waals surface area contributed by atoms with E-state index in [0.29, 0.717) is 13.0 Å². The van der Waals surface area contributed by atoms with Gasteiger partial charge in [0.15, 0.2) is 0 Å². The molecule has 2 amide bonds. The Morgan fingerprint density at radius 1 is 1.06 bits per heavy atom. The van der Waals surface area contributed by atoms with Gasteiger partial charge in [-0.15, -0.1) is 0 Å². The lowest BCUT2D eigenvalue weighted by molar-refractivity contribution is -0.192. The number of halogens is 5. The van der Waals surface area contributed by atoms with E-state index in [4.69, 9.17) is 9.90 Å². The third-order valence-corrected chi connectivity index (χ3v) is 4.82. The minimum absolute atomic E-state index is 0.0616. The first-order valence-electron chi connectivity index (χ1n) is 10.2. The second-order valence-electron chi connectivity index (χ2n) is 7.26. The van der Waals surface area contributed by atoms with Gasteiger partial charge < -0.3 is 15.7 Å². The van der Waals surface area contributed by atoms with Crippen LogP contribution in [0.1, 0.15) is 18.4 Å². The van der Waals surface area contributed by atoms with Gasteiger partial charge in [0.25, 0.3) is 0 Å². The normalized spacial score (nSPS) is 14.1. The molecule has 3 N–H and O–H groups in total. The number of hydrogen-bond acceptors (Lipinski definition) is 3. The van der Waals surface area contributed by atoms with Crippen molar-refractivity contribution in [1.82, 2.24) is 10.6 Å². The standard InChI is InChI=1S/C20H23F2N3O.C2HF3O2/c21-16-6-7-19(18(22)14-16)25(13-10-15-4-2-1-3-5-15)20(26)24-17-8-11-23-12-9-17;3-2(4,5)1(6)7/h1-7,14,17,23H,8-13H2,(H,24,26);(H,6,7). The SMILES string of the molecule is O=C(NC1CCNCC1)N(CCc1ccccc1)c1ccc(F)cc1F.O=C(O)C(F)(F)F. The van der Waals surface area contributed by atoms with Crippen molar-refractivity contribution in [1.29, 1.82) is 0 Å². The molecule has 0 bridgehead atoms. The average Bonchev–Trinajstić information content (AvgIpc) is 2.76. The monoisotopic (exact) mass is 473 g/mol. The molecule has 0 saturated carbocycles. The first kappa shape index (κ1) is 26.0. The third-order valence-electron chi connectivity index (χ3n) is 4.82. The number of nitrogens with one attached hydrogen (secondary N) is 2. The summed E-state index contributed by atoms with van der Waals surface area (Å²) >= 11 is 0. The first-order valence-corrected chi connectivity index (χ1v) is 10.2. The average molecular weight is 473 g/mol. The van der Waals surface area contributed by atoms with Crippen LogP contribution in [-0.4, -0.2) is 49.0 Å². The van der Waals surface area contributed by atoms with Crippen molar-refractivity contribution in [3.05, 3.63) is 65.7 Å². The fourth-order valence-electron chi connectivity index (χ4n) is 3.14. The summed E-state index contributed by atoms with van der Waals surface area (Å²) < 4.78 is 59.3. The number of carboxylic acids is 1. The number of anilines is 1. The molecule has 1 heterocycles. The fourth-order valence-corrected chi connectivity index (χ4v) is 3.14. The number of piperidine rings is 1. The van der Waals surface area contributed by atoms with Gasteiger partial charge in [0.2, 0.25) is 0 Å². The highest BCUT2D eigenvalue weighted by Crippen LogP contribution is 2.21. The molecular formula is C22H24F5N3O3. The maximum atomic E-state index is 14.3. The molecule has 1 fully saturated rings. The molecule has 1 aliphatic heterocycles. The van der Waals surface area contributed by atoms with E-state index in [9.17, 15) is 26.7 Å². The van der Waals surface area contributed by atoms with Crippen molar-refractivity contribution in [2.75, 3.05) is 24.5 Å². The number of urea groups is 1. The molecule has 2 aromatic rings. The predicted molar refractivity (Wildman–Crippen MR) is 112 cm³/mol. The van der Waals surface area contributed by atoms with E-state index in [-0.39, 0.29) is 17.8 Å². The number of carbonyl (C=O) groups is 2. The Morgan fingerprint density at radius 3 is 2.21 bits per heavy atom. The van der Waals surface area contributed by atoms with Crippen LogP contribution in [0.5, 0.6) is 0 Å². The highest BCUT2D eigenvalue weighted by atomic mass is 19.4. The molecule has 3 rings (SSSR count). The third kappa shape index (κ3) is 8.68. The van der Waals surface area contributed by atoms with E-state index in [1.165, 1.54) is 17.0 Å². The molecule has 11 heteroatoms. The number of aliphatic carboxylic acids is 1. The molecule has 1 saturated heterocycles. The lowest BCUT2D eigenvalue weighted by atomic mass is 10.1. The van der Waals surface area contributed by atoms with Gasteiger partial charge >= 0.3 is 18.2 Å². The van der Waals surface area contributed by atoms with E-state index in [2.05, 4.69) is 10.6 Å². The van der Waals surface area contributed by atoms with Crippen molar-refractivity contribution >= 4 is 17.7 Å². The lowest BCUT2D eigenvalue weighted by Gasteiger charge is -2.29. The van der Waals surface area contributed by atoms with Gasteiger partial charge in [-0.2, -0.15) is 13.2 Å². The van der Waals surface area contributed by atoms with E-state index < -0.39 is 23.8 Å². The van der Waals surface area contributed by atoms with Gasteiger partial charge in [-0.25, -0.2) is 18.4 Å². The van der Waals surface area contributed by atoms with Gasteiger partial charge in [0, 0.05) is 18.7 Å². The van der Waals surface area contributed by atoms with E-state index in [1.54, 1.807) is 0 Å². The van der Waals surface area contributed by atoms with Crippen molar-refractivity contribution in [3.63, 3.8) is 0 Å². The zero-order valence-corrected chi connectivity index (χ0v) is 17.5. The largest absolute Gasteiger partial charge is 0.490 e. The van der Waals surface area contributed by atoms with Crippen molar-refractivity contribution in [2.24, 2.45) is 0 Å². The van der Waals surface area contributed by atoms with Gasteiger partial charge in [0.1, 0.15) is 11.6 Å². The van der Waals surface area contributed by atoms with Crippen LogP contribution in [0.25, 0.3) is 0 Å². The predicted octanol–water partition coefficient (Wildman–Crippen LogP) is 4.11. The van der Waals surface area contributed by atoms with Crippen LogP contribution in [0.2, 0.25) is 0 Å². The summed E-state index contributed by atoms with van der Waals surface area (Å²) in [5.41, 5.74) is 1.14. The van der Waals surface area contributed by atoms with Crippen molar-refractivity contribution in [2.45, 2.75) is 31.5 Å². The Hall–Kier alpha value is -3.21. The van der Waals surface area contributed by atoms with E-state index in [1.807, 2.05) is 30.3 Å². The molecule has 0 aromatic heterocycles. The van der Waals surface area contributed by atoms with Crippen LogP contribution in [0, 0.1) is 11.6 Å². The minimum atomic E-state index is -5.08. The quantitative estimate of drug-likeness (QED) is 0.571. The first-order chi connectivity index (χ1) is 15.6. The zero-order chi connectivity index (χ0) is 24.4. The minimum Gasteiger partial charge on any atom is -0.475 e. The Bertz CT molecular complexity index is 919. The molecule has 1 aliphatic rings. The summed E-state index contributed by atoms with van der Waals surface area (Å²) in [5, 5.41) is 13.4. The van der Waals surface area contributed by atoms with Crippen LogP contribution in [0.4, 0.5) is 32.4 Å². The molecule has 0 spiro atoms. The van der Waals surface area contributed by atoms with Crippen LogP contribution < -0.4 is 15.5 Å². The number of carboxylic acid groups (broad SMARTS) is 1. The Labute approximate surface area is 187 Å². The second kappa shape index (κ2) is 12.1. The summed E-state index contributed by atoms with van der Waals surface area (Å²) in [5.74, 6) is -4.15. The number of rotatable bonds is 5. The lowest BCUT2D eigenvalue weighted by Crippen LogP contribution is -2.49. The highest BCUT2D eigenvalue weighted by Gasteiger charge is 2.38. The molecule has 33 heavy (non-hydrogen) atoms. The van der Waals surface area contributed by atoms with Crippen molar-refractivity contribution < 1.29 is 36.6 Å². The molecule has 180 valence electrons. The number of benzene rings is 2. The molecule has 0 unspecified atom stereocenters. The van der Waals surface area contributed by atoms with Crippen molar-refractivity contribution in [3.8, 4) is 0 Å². The molecule has 0 atom stereocenters. The van der Waals surface area contributed by atoms with Gasteiger partial charge in [-0.05, 0) is 50.0 Å². The van der Waals surface area contributed by atoms with Gasteiger partial charge in [0.05, 0.1) is 5.69 Å². The van der Waals surface area contributed by atoms with Gasteiger partial charge in [-0.1, -0.05) is 30.3 Å². The van der Waals surface area contributed by atoms with Crippen LogP contribution in [0.15, 0.2) is 48.5 Å². The molecular weight excluding hydrogens is 449 g/mol. The Balaban J connectivity index is 0.000000479.